The number of anilines is 2. The van der Waals surface area contributed by atoms with Gasteiger partial charge in [-0.3, -0.25) is 14.4 Å². The molecule has 0 aliphatic carbocycles. The van der Waals surface area contributed by atoms with Crippen LogP contribution in [-0.4, -0.2) is 66.4 Å². The number of rotatable bonds is 3. The van der Waals surface area contributed by atoms with Crippen molar-refractivity contribution >= 4 is 35.1 Å². The standard InChI is InChI=1S/C25H34N4O5/c1-25(2,3)34-24(33)29-14-11-19-18(15-29)21(30)20(23(32)27-19)22(31)26-16-7-9-17(10-8-16)28-12-5-4-6-13-28/h7-10,18-20H,4-6,11-15H2,1-3H3,(H,26,31)(H,27,32)/t18-,19+,20?/m0/s1. The number of benzene rings is 1. The second kappa shape index (κ2) is 9.64. The Balaban J connectivity index is 1.40. The number of nitrogens with zero attached hydrogens (tertiary/aromatic N) is 2. The van der Waals surface area contributed by atoms with Gasteiger partial charge in [-0.1, -0.05) is 0 Å². The third kappa shape index (κ3) is 5.34. The molecule has 9 heteroatoms. The average molecular weight is 471 g/mol. The van der Waals surface area contributed by atoms with Gasteiger partial charge in [-0.2, -0.15) is 0 Å². The van der Waals surface area contributed by atoms with Crippen molar-refractivity contribution in [3.8, 4) is 0 Å². The highest BCUT2D eigenvalue weighted by Crippen LogP contribution is 2.28. The fourth-order valence-corrected chi connectivity index (χ4v) is 4.89. The molecule has 1 unspecified atom stereocenters. The van der Waals surface area contributed by atoms with Gasteiger partial charge >= 0.3 is 6.09 Å². The molecule has 184 valence electrons. The molecule has 0 aromatic heterocycles. The third-order valence-electron chi connectivity index (χ3n) is 6.62. The zero-order chi connectivity index (χ0) is 24.5. The number of ketones is 1. The number of likely N-dealkylation sites (tertiary alicyclic amines) is 1. The minimum Gasteiger partial charge on any atom is -0.444 e. The van der Waals surface area contributed by atoms with Crippen LogP contribution < -0.4 is 15.5 Å². The van der Waals surface area contributed by atoms with Gasteiger partial charge in [0.05, 0.1) is 5.92 Å². The van der Waals surface area contributed by atoms with Gasteiger partial charge in [0.1, 0.15) is 5.60 Å². The summed E-state index contributed by atoms with van der Waals surface area (Å²) in [5.41, 5.74) is 0.981. The van der Waals surface area contributed by atoms with Crippen LogP contribution in [-0.2, 0) is 19.1 Å². The monoisotopic (exact) mass is 470 g/mol. The Morgan fingerprint density at radius 2 is 1.71 bits per heavy atom. The number of carbonyl (C=O) groups excluding carboxylic acids is 4. The zero-order valence-electron chi connectivity index (χ0n) is 20.1. The third-order valence-corrected chi connectivity index (χ3v) is 6.62. The molecular formula is C25H34N4O5. The fourth-order valence-electron chi connectivity index (χ4n) is 4.89. The fraction of sp³-hybridized carbons (Fsp3) is 0.600. The number of fused-ring (bicyclic) bond motifs is 1. The quantitative estimate of drug-likeness (QED) is 0.658. The van der Waals surface area contributed by atoms with Crippen molar-refractivity contribution in [2.24, 2.45) is 11.8 Å². The van der Waals surface area contributed by atoms with Gasteiger partial charge in [-0.05, 0) is 70.7 Å². The number of hydrogen-bond acceptors (Lipinski definition) is 6. The maximum atomic E-state index is 13.2. The minimum absolute atomic E-state index is 0.118. The van der Waals surface area contributed by atoms with Crippen LogP contribution in [0.2, 0.25) is 0 Å². The summed E-state index contributed by atoms with van der Waals surface area (Å²) in [6.45, 7) is 7.88. The van der Waals surface area contributed by atoms with Gasteiger partial charge < -0.3 is 25.2 Å². The normalized spacial score (nSPS) is 25.3. The lowest BCUT2D eigenvalue weighted by Crippen LogP contribution is -2.63. The predicted octanol–water partition coefficient (Wildman–Crippen LogP) is 2.56. The van der Waals surface area contributed by atoms with Gasteiger partial charge in [-0.15, -0.1) is 0 Å². The van der Waals surface area contributed by atoms with E-state index in [4.69, 9.17) is 4.74 Å². The summed E-state index contributed by atoms with van der Waals surface area (Å²) in [4.78, 5) is 55.1. The second-order valence-corrected chi connectivity index (χ2v) is 10.4. The first kappa shape index (κ1) is 24.0. The first-order chi connectivity index (χ1) is 16.1. The molecule has 9 nitrogen and oxygen atoms in total. The molecule has 0 bridgehead atoms. The van der Waals surface area contributed by atoms with E-state index >= 15 is 0 Å². The molecule has 0 spiro atoms. The molecule has 3 atom stereocenters. The number of ether oxygens (including phenoxy) is 1. The van der Waals surface area contributed by atoms with E-state index in [0.29, 0.717) is 18.7 Å². The van der Waals surface area contributed by atoms with Crippen molar-refractivity contribution in [2.45, 2.75) is 58.1 Å². The van der Waals surface area contributed by atoms with Crippen molar-refractivity contribution in [1.29, 1.82) is 0 Å². The summed E-state index contributed by atoms with van der Waals surface area (Å²) < 4.78 is 5.43. The SMILES string of the molecule is CC(C)(C)OC(=O)N1CC[C@H]2NC(=O)C(C(=O)Nc3ccc(N4CCCCC4)cc3)C(=O)[C@H]2C1. The Morgan fingerprint density at radius 3 is 2.35 bits per heavy atom. The number of hydrogen-bond donors (Lipinski definition) is 2. The zero-order valence-corrected chi connectivity index (χ0v) is 20.1. The van der Waals surface area contributed by atoms with Gasteiger partial charge in [0.2, 0.25) is 11.8 Å². The predicted molar refractivity (Wildman–Crippen MR) is 127 cm³/mol. The second-order valence-electron chi connectivity index (χ2n) is 10.4. The number of Topliss-reactive ketones (excluding diaryl/α,β-unsaturated/α-hetero) is 1. The van der Waals surface area contributed by atoms with E-state index in [1.165, 1.54) is 24.2 Å². The molecule has 3 heterocycles. The van der Waals surface area contributed by atoms with Crippen LogP contribution in [0.15, 0.2) is 24.3 Å². The summed E-state index contributed by atoms with van der Waals surface area (Å²) in [7, 11) is 0. The van der Waals surface area contributed by atoms with Crippen molar-refractivity contribution < 1.29 is 23.9 Å². The lowest BCUT2D eigenvalue weighted by atomic mass is 9.78. The van der Waals surface area contributed by atoms with E-state index in [-0.39, 0.29) is 12.6 Å². The average Bonchev–Trinajstić information content (AvgIpc) is 2.79. The smallest absolute Gasteiger partial charge is 0.410 e. The molecule has 4 rings (SSSR count). The Bertz CT molecular complexity index is 949. The number of nitrogens with one attached hydrogen (secondary N) is 2. The van der Waals surface area contributed by atoms with Crippen LogP contribution in [0.3, 0.4) is 0 Å². The lowest BCUT2D eigenvalue weighted by molar-refractivity contribution is -0.147. The topological polar surface area (TPSA) is 108 Å². The summed E-state index contributed by atoms with van der Waals surface area (Å²) in [6, 6.07) is 7.09. The Labute approximate surface area is 200 Å². The largest absolute Gasteiger partial charge is 0.444 e. The summed E-state index contributed by atoms with van der Waals surface area (Å²) in [5.74, 6) is -3.78. The molecule has 3 amide bonds. The Hall–Kier alpha value is -3.10. The molecule has 3 fully saturated rings. The van der Waals surface area contributed by atoms with Crippen LogP contribution in [0.4, 0.5) is 16.2 Å². The number of amides is 3. The van der Waals surface area contributed by atoms with E-state index in [9.17, 15) is 19.2 Å². The van der Waals surface area contributed by atoms with Crippen molar-refractivity contribution in [3.05, 3.63) is 24.3 Å². The van der Waals surface area contributed by atoms with E-state index in [2.05, 4.69) is 15.5 Å². The molecule has 34 heavy (non-hydrogen) atoms. The van der Waals surface area contributed by atoms with E-state index in [0.717, 1.165) is 18.8 Å². The highest BCUT2D eigenvalue weighted by atomic mass is 16.6. The molecule has 3 aliphatic rings. The van der Waals surface area contributed by atoms with Crippen LogP contribution in [0, 0.1) is 11.8 Å². The van der Waals surface area contributed by atoms with Gasteiger partial charge in [0.15, 0.2) is 11.7 Å². The maximum absolute atomic E-state index is 13.2. The number of piperidine rings is 3. The molecular weight excluding hydrogens is 436 g/mol. The van der Waals surface area contributed by atoms with Crippen molar-refractivity contribution in [3.63, 3.8) is 0 Å². The molecule has 1 aromatic carbocycles. The van der Waals surface area contributed by atoms with Gasteiger partial charge in [0, 0.05) is 43.6 Å². The van der Waals surface area contributed by atoms with E-state index < -0.39 is 41.1 Å². The minimum atomic E-state index is -1.44. The molecule has 0 saturated carbocycles. The van der Waals surface area contributed by atoms with Crippen LogP contribution in [0.1, 0.15) is 46.5 Å². The van der Waals surface area contributed by atoms with Gasteiger partial charge in [0.25, 0.3) is 0 Å². The van der Waals surface area contributed by atoms with Crippen LogP contribution >= 0.6 is 0 Å². The molecule has 0 radical (unpaired) electrons. The first-order valence-electron chi connectivity index (χ1n) is 12.1. The van der Waals surface area contributed by atoms with Crippen LogP contribution in [0.5, 0.6) is 0 Å². The molecule has 3 aliphatic heterocycles. The first-order valence-corrected chi connectivity index (χ1v) is 12.1. The highest BCUT2D eigenvalue weighted by molar-refractivity contribution is 6.23. The summed E-state index contributed by atoms with van der Waals surface area (Å²) in [6.07, 6.45) is 3.54. The van der Waals surface area contributed by atoms with Gasteiger partial charge in [-0.25, -0.2) is 4.79 Å². The highest BCUT2D eigenvalue weighted by Gasteiger charge is 2.49. The summed E-state index contributed by atoms with van der Waals surface area (Å²) in [5, 5.41) is 5.54. The van der Waals surface area contributed by atoms with Crippen LogP contribution in [0.25, 0.3) is 0 Å². The molecule has 2 N–H and O–H groups in total. The number of carbonyl (C=O) groups is 4. The maximum Gasteiger partial charge on any atom is 0.410 e. The van der Waals surface area contributed by atoms with E-state index in [1.807, 2.05) is 12.1 Å². The van der Waals surface area contributed by atoms with Crippen molar-refractivity contribution in [2.75, 3.05) is 36.4 Å². The Morgan fingerprint density at radius 1 is 1.03 bits per heavy atom. The van der Waals surface area contributed by atoms with E-state index in [1.54, 1.807) is 32.9 Å². The lowest BCUT2D eigenvalue weighted by Gasteiger charge is -2.42. The molecule has 3 saturated heterocycles. The Kier molecular flexibility index (Phi) is 6.81. The molecule has 1 aromatic rings. The summed E-state index contributed by atoms with van der Waals surface area (Å²) >= 11 is 0. The van der Waals surface area contributed by atoms with Crippen molar-refractivity contribution in [1.82, 2.24) is 10.2 Å².